The molecule has 1 saturated carbocycles. The van der Waals surface area contributed by atoms with Gasteiger partial charge in [0.1, 0.15) is 10.6 Å². The Bertz CT molecular complexity index is 618. The van der Waals surface area contributed by atoms with Gasteiger partial charge in [-0.1, -0.05) is 19.8 Å². The number of hydrogen-bond donors (Lipinski definition) is 2. The van der Waals surface area contributed by atoms with E-state index in [9.17, 15) is 0 Å². The normalized spacial score (nSPS) is 16.1. The lowest BCUT2D eigenvalue weighted by molar-refractivity contribution is 0.641. The van der Waals surface area contributed by atoms with Gasteiger partial charge in [-0.25, -0.2) is 4.98 Å². The molecule has 2 aromatic rings. The second-order valence-corrected chi connectivity index (χ2v) is 7.05. The molecular formula is C16H24N4S. The van der Waals surface area contributed by atoms with E-state index < -0.39 is 0 Å². The number of hydrogen-bond acceptors (Lipinski definition) is 5. The summed E-state index contributed by atoms with van der Waals surface area (Å²) in [6.45, 7) is 7.36. The Hall–Kier alpha value is -1.36. The molecule has 0 bridgehead atoms. The second kappa shape index (κ2) is 6.18. The molecule has 21 heavy (non-hydrogen) atoms. The van der Waals surface area contributed by atoms with Crippen molar-refractivity contribution in [2.45, 2.75) is 52.5 Å². The second-order valence-electron chi connectivity index (χ2n) is 5.94. The first-order valence-electron chi connectivity index (χ1n) is 8.00. The third-order valence-corrected chi connectivity index (χ3v) is 5.07. The van der Waals surface area contributed by atoms with Crippen molar-refractivity contribution in [3.8, 4) is 0 Å². The molecule has 0 radical (unpaired) electrons. The third kappa shape index (κ3) is 3.46. The highest BCUT2D eigenvalue weighted by atomic mass is 32.1. The standard InChI is InChI=1S/C16H24N4S/c1-4-12-9-13-14(18-10(3)8-11-6-7-11)19-16(17-5-2)20-15(13)21-12/h9-11H,4-8H2,1-3H3,(H2,17,18,19,20). The minimum absolute atomic E-state index is 0.468. The molecule has 0 aliphatic heterocycles. The molecule has 1 aliphatic rings. The molecular weight excluding hydrogens is 280 g/mol. The van der Waals surface area contributed by atoms with Crippen LogP contribution in [0.5, 0.6) is 0 Å². The predicted molar refractivity (Wildman–Crippen MR) is 91.4 cm³/mol. The van der Waals surface area contributed by atoms with Crippen LogP contribution in [-0.2, 0) is 6.42 Å². The quantitative estimate of drug-likeness (QED) is 0.801. The van der Waals surface area contributed by atoms with Crippen LogP contribution in [0.3, 0.4) is 0 Å². The van der Waals surface area contributed by atoms with Crippen molar-refractivity contribution in [3.63, 3.8) is 0 Å². The first-order valence-corrected chi connectivity index (χ1v) is 8.82. The van der Waals surface area contributed by atoms with E-state index in [0.717, 1.165) is 35.5 Å². The lowest BCUT2D eigenvalue weighted by Crippen LogP contribution is -2.17. The lowest BCUT2D eigenvalue weighted by atomic mass is 10.1. The molecule has 4 nitrogen and oxygen atoms in total. The maximum atomic E-state index is 4.68. The van der Waals surface area contributed by atoms with Crippen LogP contribution < -0.4 is 10.6 Å². The summed E-state index contributed by atoms with van der Waals surface area (Å²) >= 11 is 1.77. The molecule has 0 saturated heterocycles. The zero-order valence-corrected chi connectivity index (χ0v) is 13.9. The Labute approximate surface area is 130 Å². The Balaban J connectivity index is 1.90. The smallest absolute Gasteiger partial charge is 0.226 e. The molecule has 0 aromatic carbocycles. The van der Waals surface area contributed by atoms with Crippen LogP contribution in [0.1, 0.15) is 44.9 Å². The van der Waals surface area contributed by atoms with Gasteiger partial charge in [-0.3, -0.25) is 0 Å². The van der Waals surface area contributed by atoms with Crippen LogP contribution in [0.25, 0.3) is 10.2 Å². The first kappa shape index (κ1) is 14.6. The SMILES string of the molecule is CCNc1nc(NC(C)CC2CC2)c2cc(CC)sc2n1. The number of thiophene rings is 1. The van der Waals surface area contributed by atoms with Crippen molar-refractivity contribution >= 4 is 33.3 Å². The van der Waals surface area contributed by atoms with Crippen molar-refractivity contribution < 1.29 is 0 Å². The Morgan fingerprint density at radius 2 is 2.14 bits per heavy atom. The highest BCUT2D eigenvalue weighted by molar-refractivity contribution is 7.18. The van der Waals surface area contributed by atoms with Crippen LogP contribution >= 0.6 is 11.3 Å². The minimum atomic E-state index is 0.468. The van der Waals surface area contributed by atoms with Crippen LogP contribution in [0.2, 0.25) is 0 Å². The molecule has 2 N–H and O–H groups in total. The fourth-order valence-electron chi connectivity index (χ4n) is 2.64. The van der Waals surface area contributed by atoms with Crippen molar-refractivity contribution in [2.75, 3.05) is 17.2 Å². The number of nitrogens with one attached hydrogen (secondary N) is 2. The number of aryl methyl sites for hydroxylation is 1. The van der Waals surface area contributed by atoms with Gasteiger partial charge in [0.05, 0.1) is 5.39 Å². The maximum Gasteiger partial charge on any atom is 0.226 e. The van der Waals surface area contributed by atoms with Gasteiger partial charge < -0.3 is 10.6 Å². The molecule has 1 atom stereocenters. The van der Waals surface area contributed by atoms with Crippen LogP contribution in [0.4, 0.5) is 11.8 Å². The van der Waals surface area contributed by atoms with Crippen molar-refractivity contribution in [2.24, 2.45) is 5.92 Å². The topological polar surface area (TPSA) is 49.8 Å². The highest BCUT2D eigenvalue weighted by Crippen LogP contribution is 2.35. The number of rotatable bonds is 7. The van der Waals surface area contributed by atoms with E-state index in [1.165, 1.54) is 29.5 Å². The first-order chi connectivity index (χ1) is 10.2. The van der Waals surface area contributed by atoms with E-state index in [4.69, 9.17) is 0 Å². The van der Waals surface area contributed by atoms with Crippen molar-refractivity contribution in [3.05, 3.63) is 10.9 Å². The molecule has 1 unspecified atom stereocenters. The summed E-state index contributed by atoms with van der Waals surface area (Å²) in [5, 5.41) is 8.01. The van der Waals surface area contributed by atoms with Gasteiger partial charge in [-0.15, -0.1) is 11.3 Å². The van der Waals surface area contributed by atoms with E-state index in [-0.39, 0.29) is 0 Å². The monoisotopic (exact) mass is 304 g/mol. The van der Waals surface area contributed by atoms with Gasteiger partial charge in [-0.2, -0.15) is 4.98 Å². The van der Waals surface area contributed by atoms with E-state index >= 15 is 0 Å². The largest absolute Gasteiger partial charge is 0.367 e. The number of fused-ring (bicyclic) bond motifs is 1. The molecule has 1 fully saturated rings. The van der Waals surface area contributed by atoms with E-state index in [1.54, 1.807) is 11.3 Å². The van der Waals surface area contributed by atoms with E-state index in [1.807, 2.05) is 0 Å². The van der Waals surface area contributed by atoms with Crippen LogP contribution in [0.15, 0.2) is 6.07 Å². The number of nitrogens with zero attached hydrogens (tertiary/aromatic N) is 2. The summed E-state index contributed by atoms with van der Waals surface area (Å²) in [6.07, 6.45) is 5.08. The van der Waals surface area contributed by atoms with Gasteiger partial charge >= 0.3 is 0 Å². The Morgan fingerprint density at radius 1 is 1.33 bits per heavy atom. The fourth-order valence-corrected chi connectivity index (χ4v) is 3.61. The molecule has 3 rings (SSSR count). The Kier molecular flexibility index (Phi) is 4.29. The molecule has 1 aliphatic carbocycles. The summed E-state index contributed by atoms with van der Waals surface area (Å²) in [5.74, 6) is 2.64. The predicted octanol–water partition coefficient (Wildman–Crippen LogP) is 4.29. The molecule has 2 aromatic heterocycles. The van der Waals surface area contributed by atoms with Crippen molar-refractivity contribution in [1.82, 2.24) is 9.97 Å². The lowest BCUT2D eigenvalue weighted by Gasteiger charge is -2.15. The molecule has 2 heterocycles. The average Bonchev–Trinajstić information content (AvgIpc) is 3.15. The summed E-state index contributed by atoms with van der Waals surface area (Å²) in [5.41, 5.74) is 0. The highest BCUT2D eigenvalue weighted by Gasteiger charge is 2.24. The van der Waals surface area contributed by atoms with Gasteiger partial charge in [0.15, 0.2) is 0 Å². The van der Waals surface area contributed by atoms with Gasteiger partial charge in [-0.05, 0) is 38.7 Å². The van der Waals surface area contributed by atoms with Crippen molar-refractivity contribution in [1.29, 1.82) is 0 Å². The molecule has 0 spiro atoms. The minimum Gasteiger partial charge on any atom is -0.367 e. The summed E-state index contributed by atoms with van der Waals surface area (Å²) in [6, 6.07) is 2.71. The molecule has 114 valence electrons. The average molecular weight is 304 g/mol. The maximum absolute atomic E-state index is 4.68. The zero-order valence-electron chi connectivity index (χ0n) is 13.1. The fraction of sp³-hybridized carbons (Fsp3) is 0.625. The number of anilines is 2. The summed E-state index contributed by atoms with van der Waals surface area (Å²) in [7, 11) is 0. The van der Waals surface area contributed by atoms with E-state index in [2.05, 4.69) is 47.4 Å². The number of aromatic nitrogens is 2. The summed E-state index contributed by atoms with van der Waals surface area (Å²) < 4.78 is 0. The van der Waals surface area contributed by atoms with Crippen LogP contribution in [0, 0.1) is 5.92 Å². The van der Waals surface area contributed by atoms with E-state index in [0.29, 0.717) is 6.04 Å². The van der Waals surface area contributed by atoms with Gasteiger partial charge in [0.25, 0.3) is 0 Å². The Morgan fingerprint density at radius 3 is 2.81 bits per heavy atom. The van der Waals surface area contributed by atoms with Gasteiger partial charge in [0.2, 0.25) is 5.95 Å². The van der Waals surface area contributed by atoms with Gasteiger partial charge in [0, 0.05) is 17.5 Å². The van der Waals surface area contributed by atoms with Crippen LogP contribution in [-0.4, -0.2) is 22.6 Å². The zero-order chi connectivity index (χ0) is 14.8. The summed E-state index contributed by atoms with van der Waals surface area (Å²) in [4.78, 5) is 11.8. The molecule has 0 amide bonds. The molecule has 5 heteroatoms. The third-order valence-electron chi connectivity index (χ3n) is 3.89.